The summed E-state index contributed by atoms with van der Waals surface area (Å²) in [7, 11) is 2.82. The molecular weight excluding hydrogens is 223 g/mol. The Morgan fingerprint density at radius 3 is 1.65 bits per heavy atom. The monoisotopic (exact) mass is 242 g/mol. The molecule has 0 spiro atoms. The second-order valence-corrected chi connectivity index (χ2v) is 4.88. The van der Waals surface area contributed by atoms with Crippen LogP contribution in [-0.4, -0.2) is 6.16 Å². The molecule has 0 aliphatic rings. The molecular formula is C16H19P. The van der Waals surface area contributed by atoms with E-state index < -0.39 is 0 Å². The highest BCUT2D eigenvalue weighted by Gasteiger charge is 2.12. The summed E-state index contributed by atoms with van der Waals surface area (Å²) in [6.45, 7) is 0. The number of hydrogen-bond acceptors (Lipinski definition) is 0. The van der Waals surface area contributed by atoms with Crippen LogP contribution in [0.5, 0.6) is 0 Å². The highest BCUT2D eigenvalue weighted by Crippen LogP contribution is 2.29. The maximum absolute atomic E-state index is 2.82. The van der Waals surface area contributed by atoms with Crippen LogP contribution in [-0.2, 0) is 0 Å². The van der Waals surface area contributed by atoms with Crippen LogP contribution in [0, 0.1) is 0 Å². The molecule has 17 heavy (non-hydrogen) atoms. The molecule has 0 saturated heterocycles. The van der Waals surface area contributed by atoms with Gasteiger partial charge in [0.25, 0.3) is 0 Å². The molecule has 1 heteroatoms. The molecule has 0 nitrogen and oxygen atoms in total. The SMILES string of the molecule is PCCCC(c1ccccc1)c1ccccc1. The van der Waals surface area contributed by atoms with Gasteiger partial charge in [0.1, 0.15) is 0 Å². The number of benzene rings is 2. The van der Waals surface area contributed by atoms with Crippen LogP contribution < -0.4 is 0 Å². The van der Waals surface area contributed by atoms with Gasteiger partial charge in [-0.2, -0.15) is 0 Å². The van der Waals surface area contributed by atoms with Crippen molar-refractivity contribution >= 4 is 9.24 Å². The predicted octanol–water partition coefficient (Wildman–Crippen LogP) is 4.47. The van der Waals surface area contributed by atoms with Gasteiger partial charge >= 0.3 is 0 Å². The van der Waals surface area contributed by atoms with E-state index in [0.717, 1.165) is 0 Å². The van der Waals surface area contributed by atoms with Crippen molar-refractivity contribution in [3.8, 4) is 0 Å². The third-order valence-electron chi connectivity index (χ3n) is 3.10. The molecule has 2 aromatic carbocycles. The zero-order valence-electron chi connectivity index (χ0n) is 10.0. The quantitative estimate of drug-likeness (QED) is 0.678. The average molecular weight is 242 g/mol. The fraction of sp³-hybridized carbons (Fsp3) is 0.250. The molecule has 0 amide bonds. The molecule has 88 valence electrons. The Bertz CT molecular complexity index is 382. The number of rotatable bonds is 5. The Hall–Kier alpha value is -1.13. The third kappa shape index (κ3) is 3.41. The Kier molecular flexibility index (Phi) is 4.76. The Labute approximate surface area is 106 Å². The van der Waals surface area contributed by atoms with E-state index >= 15 is 0 Å². The highest BCUT2D eigenvalue weighted by atomic mass is 31.0. The molecule has 0 bridgehead atoms. The molecule has 1 unspecified atom stereocenters. The fourth-order valence-corrected chi connectivity index (χ4v) is 2.45. The molecule has 0 fully saturated rings. The normalized spacial score (nSPS) is 10.7. The van der Waals surface area contributed by atoms with E-state index in [1.54, 1.807) is 0 Å². The lowest BCUT2D eigenvalue weighted by atomic mass is 9.88. The second-order valence-electron chi connectivity index (χ2n) is 4.30. The first kappa shape index (κ1) is 12.3. The van der Waals surface area contributed by atoms with Gasteiger partial charge in [-0.3, -0.25) is 0 Å². The van der Waals surface area contributed by atoms with Gasteiger partial charge < -0.3 is 0 Å². The standard InChI is InChI=1S/C16H19P/c17-13-7-12-16(14-8-3-1-4-9-14)15-10-5-2-6-11-15/h1-6,8-11,16H,7,12-13,17H2. The molecule has 1 atom stereocenters. The minimum atomic E-state index is 0.540. The Morgan fingerprint density at radius 2 is 1.24 bits per heavy atom. The molecule has 0 N–H and O–H groups in total. The Balaban J connectivity index is 2.26. The van der Waals surface area contributed by atoms with E-state index in [1.165, 1.54) is 30.1 Å². The van der Waals surface area contributed by atoms with Crippen LogP contribution in [0.3, 0.4) is 0 Å². The minimum Gasteiger partial charge on any atom is -0.138 e. The summed E-state index contributed by atoms with van der Waals surface area (Å²) >= 11 is 0. The zero-order chi connectivity index (χ0) is 11.9. The first-order valence-electron chi connectivity index (χ1n) is 6.22. The molecule has 0 heterocycles. The Morgan fingerprint density at radius 1 is 0.765 bits per heavy atom. The van der Waals surface area contributed by atoms with Crippen LogP contribution in [0.1, 0.15) is 29.9 Å². The van der Waals surface area contributed by atoms with Gasteiger partial charge in [-0.1, -0.05) is 60.7 Å². The summed E-state index contributed by atoms with van der Waals surface area (Å²) in [5.74, 6) is 0.540. The van der Waals surface area contributed by atoms with Crippen molar-refractivity contribution in [1.82, 2.24) is 0 Å². The maximum atomic E-state index is 2.82. The summed E-state index contributed by atoms with van der Waals surface area (Å²) in [4.78, 5) is 0. The van der Waals surface area contributed by atoms with Crippen LogP contribution in [0.25, 0.3) is 0 Å². The van der Waals surface area contributed by atoms with Gasteiger partial charge in [0.15, 0.2) is 0 Å². The lowest BCUT2D eigenvalue weighted by molar-refractivity contribution is 0.703. The molecule has 0 aliphatic carbocycles. The van der Waals surface area contributed by atoms with E-state index in [4.69, 9.17) is 0 Å². The lowest BCUT2D eigenvalue weighted by Gasteiger charge is -2.17. The van der Waals surface area contributed by atoms with Crippen LogP contribution in [0.15, 0.2) is 60.7 Å². The highest BCUT2D eigenvalue weighted by molar-refractivity contribution is 7.16. The summed E-state index contributed by atoms with van der Waals surface area (Å²) in [5, 5.41) is 0. The van der Waals surface area contributed by atoms with E-state index in [-0.39, 0.29) is 0 Å². The summed E-state index contributed by atoms with van der Waals surface area (Å²) in [6, 6.07) is 21.6. The van der Waals surface area contributed by atoms with Crippen LogP contribution in [0.4, 0.5) is 0 Å². The van der Waals surface area contributed by atoms with Crippen molar-refractivity contribution in [2.45, 2.75) is 18.8 Å². The average Bonchev–Trinajstić information content (AvgIpc) is 2.42. The van der Waals surface area contributed by atoms with Crippen LogP contribution >= 0.6 is 9.24 Å². The van der Waals surface area contributed by atoms with E-state index in [1.807, 2.05) is 0 Å². The van der Waals surface area contributed by atoms with Crippen molar-refractivity contribution in [3.63, 3.8) is 0 Å². The van der Waals surface area contributed by atoms with Crippen LogP contribution in [0.2, 0.25) is 0 Å². The second kappa shape index (κ2) is 6.57. The van der Waals surface area contributed by atoms with E-state index in [9.17, 15) is 0 Å². The van der Waals surface area contributed by atoms with E-state index in [2.05, 4.69) is 69.9 Å². The smallest absolute Gasteiger partial charge is 0.00894 e. The summed E-state index contributed by atoms with van der Waals surface area (Å²) < 4.78 is 0. The molecule has 2 aromatic rings. The summed E-state index contributed by atoms with van der Waals surface area (Å²) in [6.07, 6.45) is 3.65. The van der Waals surface area contributed by atoms with Gasteiger partial charge in [-0.25, -0.2) is 0 Å². The van der Waals surface area contributed by atoms with E-state index in [0.29, 0.717) is 5.92 Å². The fourth-order valence-electron chi connectivity index (χ4n) is 2.22. The topological polar surface area (TPSA) is 0 Å². The molecule has 0 aromatic heterocycles. The van der Waals surface area contributed by atoms with Gasteiger partial charge in [-0.05, 0) is 30.1 Å². The molecule has 0 radical (unpaired) electrons. The number of hydrogen-bond donors (Lipinski definition) is 0. The summed E-state index contributed by atoms with van der Waals surface area (Å²) in [5.41, 5.74) is 2.86. The van der Waals surface area contributed by atoms with Gasteiger partial charge in [0, 0.05) is 5.92 Å². The van der Waals surface area contributed by atoms with Gasteiger partial charge in [-0.15, -0.1) is 9.24 Å². The largest absolute Gasteiger partial charge is 0.138 e. The van der Waals surface area contributed by atoms with Gasteiger partial charge in [0.05, 0.1) is 0 Å². The maximum Gasteiger partial charge on any atom is 0.00894 e. The first-order chi connectivity index (χ1) is 8.42. The van der Waals surface area contributed by atoms with Crippen molar-refractivity contribution in [1.29, 1.82) is 0 Å². The predicted molar refractivity (Wildman–Crippen MR) is 78.5 cm³/mol. The first-order valence-corrected chi connectivity index (χ1v) is 7.03. The lowest BCUT2D eigenvalue weighted by Crippen LogP contribution is -2.01. The van der Waals surface area contributed by atoms with Crippen molar-refractivity contribution in [3.05, 3.63) is 71.8 Å². The van der Waals surface area contributed by atoms with Crippen molar-refractivity contribution in [2.75, 3.05) is 6.16 Å². The molecule has 0 saturated carbocycles. The minimum absolute atomic E-state index is 0.540. The molecule has 2 rings (SSSR count). The van der Waals surface area contributed by atoms with Crippen molar-refractivity contribution < 1.29 is 0 Å². The zero-order valence-corrected chi connectivity index (χ0v) is 11.2. The third-order valence-corrected chi connectivity index (χ3v) is 3.51. The van der Waals surface area contributed by atoms with Gasteiger partial charge in [0.2, 0.25) is 0 Å². The van der Waals surface area contributed by atoms with Crippen molar-refractivity contribution in [2.24, 2.45) is 0 Å². The molecule has 0 aliphatic heterocycles.